The van der Waals surface area contributed by atoms with Gasteiger partial charge in [-0.15, -0.1) is 0 Å². The molecule has 0 aromatic heterocycles. The van der Waals surface area contributed by atoms with Crippen LogP contribution < -0.4 is 9.47 Å². The summed E-state index contributed by atoms with van der Waals surface area (Å²) in [6.07, 6.45) is 3.92. The normalized spacial score (nSPS) is 21.2. The molecule has 0 N–H and O–H groups in total. The van der Waals surface area contributed by atoms with E-state index in [9.17, 15) is 4.79 Å². The summed E-state index contributed by atoms with van der Waals surface area (Å²) < 4.78 is 11.7. The van der Waals surface area contributed by atoms with Crippen LogP contribution in [0.15, 0.2) is 18.2 Å². The number of aldehydes is 1. The SMILES string of the molecule is CC(CC=O)c1ccc2c(c1)OCC1(CC1)CO2. The molecule has 2 aliphatic rings. The molecule has 0 saturated heterocycles. The average Bonchev–Trinajstić information content (AvgIpc) is 3.17. The topological polar surface area (TPSA) is 35.5 Å². The molecule has 96 valence electrons. The molecule has 0 bridgehead atoms. The van der Waals surface area contributed by atoms with Crippen LogP contribution >= 0.6 is 0 Å². The largest absolute Gasteiger partial charge is 0.489 e. The van der Waals surface area contributed by atoms with Gasteiger partial charge in [-0.25, -0.2) is 0 Å². The van der Waals surface area contributed by atoms with E-state index < -0.39 is 0 Å². The molecule has 1 heterocycles. The van der Waals surface area contributed by atoms with E-state index in [1.54, 1.807) is 0 Å². The monoisotopic (exact) mass is 246 g/mol. The second-order valence-electron chi connectivity index (χ2n) is 5.59. The first-order valence-corrected chi connectivity index (χ1v) is 6.56. The van der Waals surface area contributed by atoms with Crippen LogP contribution in [-0.4, -0.2) is 19.5 Å². The second-order valence-corrected chi connectivity index (χ2v) is 5.59. The maximum absolute atomic E-state index is 10.6. The van der Waals surface area contributed by atoms with Gasteiger partial charge in [-0.1, -0.05) is 13.0 Å². The van der Waals surface area contributed by atoms with Gasteiger partial charge in [0, 0.05) is 11.8 Å². The minimum atomic E-state index is 0.231. The lowest BCUT2D eigenvalue weighted by Gasteiger charge is -2.12. The number of carbonyl (C=O) groups excluding carboxylic acids is 1. The predicted octanol–water partition coefficient (Wildman–Crippen LogP) is 2.93. The van der Waals surface area contributed by atoms with Crippen molar-refractivity contribution in [3.05, 3.63) is 23.8 Å². The minimum Gasteiger partial charge on any atom is -0.489 e. The lowest BCUT2D eigenvalue weighted by molar-refractivity contribution is -0.108. The smallest absolute Gasteiger partial charge is 0.161 e. The van der Waals surface area contributed by atoms with Gasteiger partial charge in [0.1, 0.15) is 6.29 Å². The highest BCUT2D eigenvalue weighted by atomic mass is 16.5. The first-order chi connectivity index (χ1) is 8.72. The van der Waals surface area contributed by atoms with Crippen molar-refractivity contribution in [2.45, 2.75) is 32.1 Å². The molecule has 0 amide bonds. The molecule has 0 radical (unpaired) electrons. The molecule has 3 heteroatoms. The van der Waals surface area contributed by atoms with E-state index in [1.165, 1.54) is 12.8 Å². The van der Waals surface area contributed by atoms with E-state index in [1.807, 2.05) is 18.2 Å². The zero-order chi connectivity index (χ0) is 12.6. The summed E-state index contributed by atoms with van der Waals surface area (Å²) in [5, 5.41) is 0. The van der Waals surface area contributed by atoms with Crippen molar-refractivity contribution in [2.24, 2.45) is 5.41 Å². The van der Waals surface area contributed by atoms with Gasteiger partial charge < -0.3 is 14.3 Å². The highest BCUT2D eigenvalue weighted by Gasteiger charge is 2.46. The van der Waals surface area contributed by atoms with Gasteiger partial charge in [0.2, 0.25) is 0 Å². The predicted molar refractivity (Wildman–Crippen MR) is 68.2 cm³/mol. The molecule has 1 aromatic carbocycles. The van der Waals surface area contributed by atoms with Crippen molar-refractivity contribution < 1.29 is 14.3 Å². The Morgan fingerprint density at radius 3 is 2.67 bits per heavy atom. The van der Waals surface area contributed by atoms with E-state index in [-0.39, 0.29) is 11.3 Å². The molecule has 1 aliphatic carbocycles. The fourth-order valence-corrected chi connectivity index (χ4v) is 2.31. The summed E-state index contributed by atoms with van der Waals surface area (Å²) in [5.41, 5.74) is 1.41. The Morgan fingerprint density at radius 2 is 2.00 bits per heavy atom. The minimum absolute atomic E-state index is 0.231. The van der Waals surface area contributed by atoms with Crippen molar-refractivity contribution in [1.29, 1.82) is 0 Å². The van der Waals surface area contributed by atoms with E-state index >= 15 is 0 Å². The second kappa shape index (κ2) is 4.30. The molecule has 1 unspecified atom stereocenters. The Balaban J connectivity index is 1.82. The Kier molecular flexibility index (Phi) is 2.77. The summed E-state index contributed by atoms with van der Waals surface area (Å²) in [4.78, 5) is 10.6. The van der Waals surface area contributed by atoms with Gasteiger partial charge in [0.15, 0.2) is 11.5 Å². The number of carbonyl (C=O) groups is 1. The van der Waals surface area contributed by atoms with Crippen LogP contribution in [0.3, 0.4) is 0 Å². The van der Waals surface area contributed by atoms with Gasteiger partial charge in [-0.05, 0) is 36.5 Å². The molecule has 3 nitrogen and oxygen atoms in total. The summed E-state index contributed by atoms with van der Waals surface area (Å²) in [6.45, 7) is 3.57. The third-order valence-electron chi connectivity index (χ3n) is 4.01. The highest BCUT2D eigenvalue weighted by molar-refractivity contribution is 5.52. The average molecular weight is 246 g/mol. The van der Waals surface area contributed by atoms with Crippen LogP contribution in [0.1, 0.15) is 37.7 Å². The fraction of sp³-hybridized carbons (Fsp3) is 0.533. The zero-order valence-corrected chi connectivity index (χ0v) is 10.6. The highest BCUT2D eigenvalue weighted by Crippen LogP contribution is 2.49. The maximum atomic E-state index is 10.6. The third kappa shape index (κ3) is 2.09. The van der Waals surface area contributed by atoms with Crippen LogP contribution in [0.4, 0.5) is 0 Å². The van der Waals surface area contributed by atoms with Crippen molar-refractivity contribution in [3.63, 3.8) is 0 Å². The molecule has 1 spiro atoms. The standard InChI is InChI=1S/C15H18O3/c1-11(4-7-16)12-2-3-13-14(8-12)18-10-15(5-6-15)9-17-13/h2-3,7-8,11H,4-6,9-10H2,1H3. The van der Waals surface area contributed by atoms with Crippen molar-refractivity contribution in [2.75, 3.05) is 13.2 Å². The summed E-state index contributed by atoms with van der Waals surface area (Å²) in [7, 11) is 0. The van der Waals surface area contributed by atoms with Gasteiger partial charge in [-0.2, -0.15) is 0 Å². The quantitative estimate of drug-likeness (QED) is 0.769. The molecular formula is C15H18O3. The van der Waals surface area contributed by atoms with Gasteiger partial charge in [0.05, 0.1) is 13.2 Å². The number of ether oxygens (including phenoxy) is 2. The first-order valence-electron chi connectivity index (χ1n) is 6.56. The Labute approximate surface area is 107 Å². The Morgan fingerprint density at radius 1 is 1.28 bits per heavy atom. The molecule has 1 saturated carbocycles. The molecule has 1 aliphatic heterocycles. The van der Waals surface area contributed by atoms with Crippen LogP contribution in [0.5, 0.6) is 11.5 Å². The van der Waals surface area contributed by atoms with E-state index in [0.29, 0.717) is 6.42 Å². The molecule has 1 atom stereocenters. The van der Waals surface area contributed by atoms with Gasteiger partial charge in [0.25, 0.3) is 0 Å². The molecule has 1 fully saturated rings. The number of hydrogen-bond donors (Lipinski definition) is 0. The summed E-state index contributed by atoms with van der Waals surface area (Å²) in [6, 6.07) is 6.01. The third-order valence-corrected chi connectivity index (χ3v) is 4.01. The van der Waals surface area contributed by atoms with E-state index in [2.05, 4.69) is 6.92 Å². The Bertz CT molecular complexity index is 463. The molecule has 18 heavy (non-hydrogen) atoms. The molecular weight excluding hydrogens is 228 g/mol. The molecule has 3 rings (SSSR count). The number of fused-ring (bicyclic) bond motifs is 1. The van der Waals surface area contributed by atoms with E-state index in [0.717, 1.165) is 36.6 Å². The van der Waals surface area contributed by atoms with Crippen molar-refractivity contribution >= 4 is 6.29 Å². The zero-order valence-electron chi connectivity index (χ0n) is 10.6. The van der Waals surface area contributed by atoms with E-state index in [4.69, 9.17) is 9.47 Å². The van der Waals surface area contributed by atoms with Crippen LogP contribution in [-0.2, 0) is 4.79 Å². The number of benzene rings is 1. The lowest BCUT2D eigenvalue weighted by Crippen LogP contribution is -2.17. The number of hydrogen-bond acceptors (Lipinski definition) is 3. The van der Waals surface area contributed by atoms with Gasteiger partial charge >= 0.3 is 0 Å². The summed E-state index contributed by atoms with van der Waals surface area (Å²) >= 11 is 0. The molecule has 1 aromatic rings. The summed E-state index contributed by atoms with van der Waals surface area (Å²) in [5.74, 6) is 1.89. The first kappa shape index (κ1) is 11.6. The lowest BCUT2D eigenvalue weighted by atomic mass is 9.98. The van der Waals surface area contributed by atoms with Crippen molar-refractivity contribution in [1.82, 2.24) is 0 Å². The van der Waals surface area contributed by atoms with Gasteiger partial charge in [-0.3, -0.25) is 0 Å². The van der Waals surface area contributed by atoms with Crippen LogP contribution in [0.25, 0.3) is 0 Å². The van der Waals surface area contributed by atoms with Crippen LogP contribution in [0, 0.1) is 5.41 Å². The van der Waals surface area contributed by atoms with Crippen LogP contribution in [0.2, 0.25) is 0 Å². The number of rotatable bonds is 3. The van der Waals surface area contributed by atoms with Crippen molar-refractivity contribution in [3.8, 4) is 11.5 Å². The Hall–Kier alpha value is -1.51. The maximum Gasteiger partial charge on any atom is 0.161 e. The fourth-order valence-electron chi connectivity index (χ4n) is 2.31.